The van der Waals surface area contributed by atoms with E-state index < -0.39 is 5.79 Å². The van der Waals surface area contributed by atoms with E-state index >= 15 is 0 Å². The van der Waals surface area contributed by atoms with Gasteiger partial charge in [-0.3, -0.25) is 0 Å². The number of hydrogen-bond acceptors (Lipinski definition) is 3. The van der Waals surface area contributed by atoms with E-state index in [9.17, 15) is 5.11 Å². The Labute approximate surface area is 114 Å². The first-order valence-corrected chi connectivity index (χ1v) is 7.34. The van der Waals surface area contributed by atoms with Gasteiger partial charge < -0.3 is 14.6 Å². The van der Waals surface area contributed by atoms with E-state index in [1.807, 2.05) is 18.2 Å². The molecule has 0 unspecified atom stereocenters. The van der Waals surface area contributed by atoms with Crippen LogP contribution in [-0.4, -0.2) is 23.6 Å². The van der Waals surface area contributed by atoms with Crippen molar-refractivity contribution in [3.05, 3.63) is 35.9 Å². The smallest absolute Gasteiger partial charge is 0.169 e. The highest BCUT2D eigenvalue weighted by atomic mass is 16.8. The van der Waals surface area contributed by atoms with Crippen LogP contribution in [0.25, 0.3) is 0 Å². The maximum atomic E-state index is 9.24. The van der Waals surface area contributed by atoms with Crippen LogP contribution < -0.4 is 0 Å². The highest BCUT2D eigenvalue weighted by Crippen LogP contribution is 2.46. The quantitative estimate of drug-likeness (QED) is 0.909. The molecule has 0 amide bonds. The van der Waals surface area contributed by atoms with E-state index in [1.165, 1.54) is 19.3 Å². The van der Waals surface area contributed by atoms with Gasteiger partial charge in [-0.25, -0.2) is 0 Å². The average Bonchev–Trinajstić information content (AvgIpc) is 2.79. The molecule has 104 valence electrons. The lowest BCUT2D eigenvalue weighted by Gasteiger charge is -2.32. The first-order valence-electron chi connectivity index (χ1n) is 7.34. The minimum atomic E-state index is -0.390. The molecule has 1 heterocycles. The Balaban J connectivity index is 1.81. The van der Waals surface area contributed by atoms with Crippen LogP contribution in [-0.2, 0) is 9.47 Å². The van der Waals surface area contributed by atoms with Gasteiger partial charge in [-0.15, -0.1) is 0 Å². The summed E-state index contributed by atoms with van der Waals surface area (Å²) in [5.74, 6) is -0.390. The largest absolute Gasteiger partial charge is 0.396 e. The van der Waals surface area contributed by atoms with Crippen LogP contribution >= 0.6 is 0 Å². The molecule has 2 atom stereocenters. The Hall–Kier alpha value is -0.900. The first kappa shape index (κ1) is 13.1. The van der Waals surface area contributed by atoms with Gasteiger partial charge in [0, 0.05) is 19.4 Å². The average molecular weight is 262 g/mol. The molecule has 3 heteroatoms. The molecule has 2 aliphatic rings. The van der Waals surface area contributed by atoms with Crippen LogP contribution in [0.3, 0.4) is 0 Å². The second-order valence-electron chi connectivity index (χ2n) is 5.59. The van der Waals surface area contributed by atoms with Gasteiger partial charge in [0.2, 0.25) is 0 Å². The SMILES string of the molecule is OCC[C@@H]1OC2(CCCCC2)O[C@H]1c1ccccc1. The Bertz CT molecular complexity index is 398. The summed E-state index contributed by atoms with van der Waals surface area (Å²) in [5.41, 5.74) is 1.16. The van der Waals surface area contributed by atoms with E-state index in [-0.39, 0.29) is 18.8 Å². The fourth-order valence-electron chi connectivity index (χ4n) is 3.26. The van der Waals surface area contributed by atoms with Crippen LogP contribution in [0.15, 0.2) is 30.3 Å². The van der Waals surface area contributed by atoms with Crippen molar-refractivity contribution < 1.29 is 14.6 Å². The number of aliphatic hydroxyl groups excluding tert-OH is 1. The number of rotatable bonds is 3. The Morgan fingerprint density at radius 2 is 1.79 bits per heavy atom. The minimum Gasteiger partial charge on any atom is -0.396 e. The molecule has 0 radical (unpaired) electrons. The van der Waals surface area contributed by atoms with Gasteiger partial charge in [-0.05, 0) is 24.8 Å². The summed E-state index contributed by atoms with van der Waals surface area (Å²) < 4.78 is 12.5. The molecule has 2 fully saturated rings. The summed E-state index contributed by atoms with van der Waals surface area (Å²) in [6, 6.07) is 10.2. The Kier molecular flexibility index (Phi) is 3.87. The topological polar surface area (TPSA) is 38.7 Å². The molecule has 19 heavy (non-hydrogen) atoms. The van der Waals surface area contributed by atoms with Crippen LogP contribution in [0.1, 0.15) is 50.2 Å². The van der Waals surface area contributed by atoms with Gasteiger partial charge in [-0.2, -0.15) is 0 Å². The molecule has 1 aliphatic heterocycles. The second kappa shape index (κ2) is 5.61. The van der Waals surface area contributed by atoms with E-state index in [1.54, 1.807) is 0 Å². The van der Waals surface area contributed by atoms with Crippen molar-refractivity contribution in [2.24, 2.45) is 0 Å². The van der Waals surface area contributed by atoms with Gasteiger partial charge >= 0.3 is 0 Å². The van der Waals surface area contributed by atoms with Crippen molar-refractivity contribution in [1.29, 1.82) is 0 Å². The van der Waals surface area contributed by atoms with E-state index in [0.29, 0.717) is 6.42 Å². The molecule has 1 spiro atoms. The van der Waals surface area contributed by atoms with Crippen molar-refractivity contribution in [2.75, 3.05) is 6.61 Å². The summed E-state index contributed by atoms with van der Waals surface area (Å²) in [4.78, 5) is 0. The third-order valence-electron chi connectivity index (χ3n) is 4.20. The molecular weight excluding hydrogens is 240 g/mol. The van der Waals surface area contributed by atoms with Crippen LogP contribution in [0.2, 0.25) is 0 Å². The van der Waals surface area contributed by atoms with E-state index in [2.05, 4.69) is 12.1 Å². The summed E-state index contributed by atoms with van der Waals surface area (Å²) in [7, 11) is 0. The number of ether oxygens (including phenoxy) is 2. The predicted octanol–water partition coefficient (Wildman–Crippen LogP) is 3.19. The molecule has 1 aromatic rings. The second-order valence-corrected chi connectivity index (χ2v) is 5.59. The molecule has 1 saturated carbocycles. The fraction of sp³-hybridized carbons (Fsp3) is 0.625. The standard InChI is InChI=1S/C16H22O3/c17-12-9-14-15(13-7-3-1-4-8-13)19-16(18-14)10-5-2-6-11-16/h1,3-4,7-8,14-15,17H,2,5-6,9-12H2/t14-,15-/m0/s1. The number of benzene rings is 1. The van der Waals surface area contributed by atoms with Crippen LogP contribution in [0, 0.1) is 0 Å². The van der Waals surface area contributed by atoms with Gasteiger partial charge in [-0.1, -0.05) is 36.8 Å². The molecule has 0 bridgehead atoms. The lowest BCUT2D eigenvalue weighted by molar-refractivity contribution is -0.195. The maximum Gasteiger partial charge on any atom is 0.169 e. The summed E-state index contributed by atoms with van der Waals surface area (Å²) in [6.45, 7) is 0.146. The number of hydrogen-bond donors (Lipinski definition) is 1. The molecule has 0 aromatic heterocycles. The summed E-state index contributed by atoms with van der Waals surface area (Å²) in [5, 5.41) is 9.24. The lowest BCUT2D eigenvalue weighted by Crippen LogP contribution is -2.33. The van der Waals surface area contributed by atoms with Crippen molar-refractivity contribution in [2.45, 2.75) is 56.5 Å². The van der Waals surface area contributed by atoms with Crippen molar-refractivity contribution >= 4 is 0 Å². The maximum absolute atomic E-state index is 9.24. The fourth-order valence-corrected chi connectivity index (χ4v) is 3.26. The summed E-state index contributed by atoms with van der Waals surface area (Å²) >= 11 is 0. The molecule has 1 N–H and O–H groups in total. The predicted molar refractivity (Wildman–Crippen MR) is 72.7 cm³/mol. The highest BCUT2D eigenvalue weighted by Gasteiger charge is 2.47. The minimum absolute atomic E-state index is 0.0227. The van der Waals surface area contributed by atoms with Crippen LogP contribution in [0.5, 0.6) is 0 Å². The summed E-state index contributed by atoms with van der Waals surface area (Å²) in [6.07, 6.45) is 6.17. The highest BCUT2D eigenvalue weighted by molar-refractivity contribution is 5.20. The monoisotopic (exact) mass is 262 g/mol. The van der Waals surface area contributed by atoms with Gasteiger partial charge in [0.05, 0.1) is 6.10 Å². The normalized spacial score (nSPS) is 29.7. The zero-order valence-corrected chi connectivity index (χ0v) is 11.3. The van der Waals surface area contributed by atoms with Gasteiger partial charge in [0.15, 0.2) is 5.79 Å². The van der Waals surface area contributed by atoms with E-state index in [4.69, 9.17) is 9.47 Å². The molecular formula is C16H22O3. The third-order valence-corrected chi connectivity index (χ3v) is 4.20. The van der Waals surface area contributed by atoms with Gasteiger partial charge in [0.1, 0.15) is 6.10 Å². The van der Waals surface area contributed by atoms with Crippen LogP contribution in [0.4, 0.5) is 0 Å². The Morgan fingerprint density at radius 1 is 1.05 bits per heavy atom. The van der Waals surface area contributed by atoms with Crippen molar-refractivity contribution in [1.82, 2.24) is 0 Å². The molecule has 1 saturated heterocycles. The third kappa shape index (κ3) is 2.69. The van der Waals surface area contributed by atoms with Crippen molar-refractivity contribution in [3.8, 4) is 0 Å². The molecule has 3 nitrogen and oxygen atoms in total. The van der Waals surface area contributed by atoms with Gasteiger partial charge in [0.25, 0.3) is 0 Å². The molecule has 1 aromatic carbocycles. The Morgan fingerprint density at radius 3 is 2.47 bits per heavy atom. The zero-order valence-electron chi connectivity index (χ0n) is 11.3. The lowest BCUT2D eigenvalue weighted by atomic mass is 9.94. The zero-order chi connectivity index (χ0) is 13.1. The van der Waals surface area contributed by atoms with Crippen molar-refractivity contribution in [3.63, 3.8) is 0 Å². The first-order chi connectivity index (χ1) is 9.33. The number of aliphatic hydroxyl groups is 1. The van der Waals surface area contributed by atoms with E-state index in [0.717, 1.165) is 18.4 Å². The molecule has 3 rings (SSSR count). The molecule has 1 aliphatic carbocycles.